The summed E-state index contributed by atoms with van der Waals surface area (Å²) in [5.74, 6) is 1.42. The Bertz CT molecular complexity index is 615. The second-order valence-electron chi connectivity index (χ2n) is 5.62. The van der Waals surface area contributed by atoms with Gasteiger partial charge >= 0.3 is 0 Å². The van der Waals surface area contributed by atoms with Crippen LogP contribution >= 0.6 is 0 Å². The van der Waals surface area contributed by atoms with Crippen LogP contribution in [0.2, 0.25) is 0 Å². The molecule has 0 aliphatic carbocycles. The molecule has 110 valence electrons. The topological polar surface area (TPSA) is 59.2 Å². The molecule has 0 saturated carbocycles. The molecule has 5 heteroatoms. The number of carbonyl (C=O) groups is 1. The molecule has 1 aromatic heterocycles. The number of aldehydes is 1. The van der Waals surface area contributed by atoms with E-state index in [1.165, 1.54) is 5.56 Å². The van der Waals surface area contributed by atoms with Crippen molar-refractivity contribution >= 4 is 6.29 Å². The van der Waals surface area contributed by atoms with Gasteiger partial charge in [0, 0.05) is 11.5 Å². The summed E-state index contributed by atoms with van der Waals surface area (Å²) in [6.45, 7) is 4.51. The molecule has 1 saturated heterocycles. The van der Waals surface area contributed by atoms with Crippen LogP contribution in [-0.2, 0) is 11.3 Å². The van der Waals surface area contributed by atoms with Crippen LogP contribution in [0.5, 0.6) is 0 Å². The molecule has 0 spiro atoms. The number of nitrogens with zero attached hydrogens (tertiary/aromatic N) is 3. The van der Waals surface area contributed by atoms with Crippen LogP contribution < -0.4 is 0 Å². The molecule has 0 atom stereocenters. The summed E-state index contributed by atoms with van der Waals surface area (Å²) >= 11 is 0. The fourth-order valence-electron chi connectivity index (χ4n) is 2.65. The smallest absolute Gasteiger partial charge is 0.247 e. The van der Waals surface area contributed by atoms with E-state index in [1.807, 2.05) is 31.2 Å². The molecule has 21 heavy (non-hydrogen) atoms. The van der Waals surface area contributed by atoms with Gasteiger partial charge in [-0.15, -0.1) is 10.2 Å². The Hall–Kier alpha value is -2.01. The molecule has 1 aromatic carbocycles. The second kappa shape index (κ2) is 6.18. The zero-order valence-corrected chi connectivity index (χ0v) is 12.2. The monoisotopic (exact) mass is 285 g/mol. The van der Waals surface area contributed by atoms with E-state index in [1.54, 1.807) is 0 Å². The van der Waals surface area contributed by atoms with Crippen molar-refractivity contribution in [1.82, 2.24) is 15.1 Å². The number of hydrogen-bond acceptors (Lipinski definition) is 5. The number of aryl methyl sites for hydroxylation is 1. The number of likely N-dealkylation sites (tertiary alicyclic amines) is 1. The van der Waals surface area contributed by atoms with Gasteiger partial charge in [0.05, 0.1) is 6.54 Å². The van der Waals surface area contributed by atoms with Crippen molar-refractivity contribution in [2.24, 2.45) is 5.92 Å². The summed E-state index contributed by atoms with van der Waals surface area (Å²) < 4.78 is 5.75. The lowest BCUT2D eigenvalue weighted by Crippen LogP contribution is -2.33. The summed E-state index contributed by atoms with van der Waals surface area (Å²) in [4.78, 5) is 13.0. The minimum absolute atomic E-state index is 0.215. The maximum Gasteiger partial charge on any atom is 0.247 e. The van der Waals surface area contributed by atoms with Crippen molar-refractivity contribution in [3.05, 3.63) is 35.7 Å². The highest BCUT2D eigenvalue weighted by atomic mass is 16.4. The first-order valence-electron chi connectivity index (χ1n) is 7.31. The van der Waals surface area contributed by atoms with E-state index in [-0.39, 0.29) is 5.92 Å². The summed E-state index contributed by atoms with van der Waals surface area (Å²) in [6, 6.07) is 8.03. The van der Waals surface area contributed by atoms with Crippen LogP contribution in [0.1, 0.15) is 24.3 Å². The van der Waals surface area contributed by atoms with Crippen molar-refractivity contribution in [2.45, 2.75) is 26.3 Å². The fraction of sp³-hybridized carbons (Fsp3) is 0.438. The largest absolute Gasteiger partial charge is 0.419 e. The van der Waals surface area contributed by atoms with Crippen LogP contribution in [-0.4, -0.2) is 34.5 Å². The first-order valence-corrected chi connectivity index (χ1v) is 7.31. The molecule has 1 aliphatic rings. The number of carbonyl (C=O) groups excluding carboxylic acids is 1. The average Bonchev–Trinajstić information content (AvgIpc) is 2.97. The third-order valence-corrected chi connectivity index (χ3v) is 3.92. The number of benzene rings is 1. The minimum Gasteiger partial charge on any atom is -0.419 e. The zero-order valence-electron chi connectivity index (χ0n) is 12.2. The van der Waals surface area contributed by atoms with Crippen molar-refractivity contribution < 1.29 is 9.21 Å². The Kier molecular flexibility index (Phi) is 4.10. The van der Waals surface area contributed by atoms with Gasteiger partial charge in [0.2, 0.25) is 11.8 Å². The number of piperidine rings is 1. The lowest BCUT2D eigenvalue weighted by molar-refractivity contribution is -0.112. The molecule has 1 aliphatic heterocycles. The SMILES string of the molecule is Cc1cccc(-c2nnc(CN3CCC(C=O)CC3)o2)c1. The van der Waals surface area contributed by atoms with E-state index in [4.69, 9.17) is 4.42 Å². The number of rotatable bonds is 4. The van der Waals surface area contributed by atoms with Crippen LogP contribution in [0.4, 0.5) is 0 Å². The molecule has 1 fully saturated rings. The predicted octanol–water partition coefficient (Wildman–Crippen LogP) is 2.46. The Balaban J connectivity index is 1.64. The molecule has 0 radical (unpaired) electrons. The van der Waals surface area contributed by atoms with E-state index in [9.17, 15) is 4.79 Å². The van der Waals surface area contributed by atoms with Crippen molar-refractivity contribution in [3.63, 3.8) is 0 Å². The van der Waals surface area contributed by atoms with E-state index in [0.717, 1.165) is 37.8 Å². The van der Waals surface area contributed by atoms with Crippen molar-refractivity contribution in [1.29, 1.82) is 0 Å². The first kappa shape index (κ1) is 13.9. The number of hydrogen-bond donors (Lipinski definition) is 0. The maximum absolute atomic E-state index is 10.8. The molecule has 0 bridgehead atoms. The minimum atomic E-state index is 0.215. The normalized spacial score (nSPS) is 17.0. The molecule has 0 unspecified atom stereocenters. The number of aromatic nitrogens is 2. The van der Waals surface area contributed by atoms with Gasteiger partial charge in [-0.1, -0.05) is 17.7 Å². The Morgan fingerprint density at radius 3 is 2.86 bits per heavy atom. The van der Waals surface area contributed by atoms with Gasteiger partial charge < -0.3 is 9.21 Å². The van der Waals surface area contributed by atoms with Gasteiger partial charge in [-0.05, 0) is 45.0 Å². The molecular formula is C16H19N3O2. The molecule has 2 aromatic rings. The zero-order chi connectivity index (χ0) is 14.7. The lowest BCUT2D eigenvalue weighted by atomic mass is 9.99. The third-order valence-electron chi connectivity index (χ3n) is 3.92. The Morgan fingerprint density at radius 2 is 2.14 bits per heavy atom. The maximum atomic E-state index is 10.8. The van der Waals surface area contributed by atoms with E-state index >= 15 is 0 Å². The molecule has 2 heterocycles. The van der Waals surface area contributed by atoms with Crippen LogP contribution in [0.25, 0.3) is 11.5 Å². The van der Waals surface area contributed by atoms with E-state index in [2.05, 4.69) is 15.1 Å². The lowest BCUT2D eigenvalue weighted by Gasteiger charge is -2.28. The van der Waals surface area contributed by atoms with E-state index < -0.39 is 0 Å². The summed E-state index contributed by atoms with van der Waals surface area (Å²) in [5.41, 5.74) is 2.12. The predicted molar refractivity (Wildman–Crippen MR) is 78.5 cm³/mol. The van der Waals surface area contributed by atoms with Gasteiger partial charge in [0.25, 0.3) is 0 Å². The van der Waals surface area contributed by atoms with Crippen molar-refractivity contribution in [3.8, 4) is 11.5 Å². The quantitative estimate of drug-likeness (QED) is 0.808. The standard InChI is InChI=1S/C16H19N3O2/c1-12-3-2-4-14(9-12)16-18-17-15(21-16)10-19-7-5-13(11-20)6-8-19/h2-4,9,11,13H,5-8,10H2,1H3. The first-order chi connectivity index (χ1) is 10.2. The fourth-order valence-corrected chi connectivity index (χ4v) is 2.65. The summed E-state index contributed by atoms with van der Waals surface area (Å²) in [6.07, 6.45) is 2.91. The highest BCUT2D eigenvalue weighted by Gasteiger charge is 2.20. The van der Waals surface area contributed by atoms with Crippen molar-refractivity contribution in [2.75, 3.05) is 13.1 Å². The van der Waals surface area contributed by atoms with Gasteiger partial charge in [-0.2, -0.15) is 0 Å². The molecule has 0 amide bonds. The molecule has 0 N–H and O–H groups in total. The second-order valence-corrected chi connectivity index (χ2v) is 5.62. The highest BCUT2D eigenvalue weighted by Crippen LogP contribution is 2.21. The Morgan fingerprint density at radius 1 is 1.33 bits per heavy atom. The third kappa shape index (κ3) is 3.36. The highest BCUT2D eigenvalue weighted by molar-refractivity contribution is 5.54. The van der Waals surface area contributed by atoms with E-state index in [0.29, 0.717) is 18.3 Å². The van der Waals surface area contributed by atoms with Gasteiger partial charge in [-0.25, -0.2) is 0 Å². The van der Waals surface area contributed by atoms with Crippen LogP contribution in [0.3, 0.4) is 0 Å². The van der Waals surface area contributed by atoms with Gasteiger partial charge in [0.1, 0.15) is 6.29 Å². The van der Waals surface area contributed by atoms with Gasteiger partial charge in [-0.3, -0.25) is 4.90 Å². The van der Waals surface area contributed by atoms with Gasteiger partial charge in [0.15, 0.2) is 0 Å². The average molecular weight is 285 g/mol. The van der Waals surface area contributed by atoms with Crippen LogP contribution in [0.15, 0.2) is 28.7 Å². The molecule has 3 rings (SSSR count). The summed E-state index contributed by atoms with van der Waals surface area (Å²) in [7, 11) is 0. The molecule has 5 nitrogen and oxygen atoms in total. The molecular weight excluding hydrogens is 266 g/mol. The Labute approximate surface area is 124 Å². The van der Waals surface area contributed by atoms with Crippen LogP contribution in [0, 0.1) is 12.8 Å². The summed E-state index contributed by atoms with van der Waals surface area (Å²) in [5, 5.41) is 8.25.